The van der Waals surface area contributed by atoms with Crippen LogP contribution in [0.15, 0.2) is 18.2 Å². The highest BCUT2D eigenvalue weighted by Gasteiger charge is 2.34. The molecular weight excluding hydrogens is 203 g/mol. The van der Waals surface area contributed by atoms with E-state index in [1.807, 2.05) is 6.07 Å². The highest BCUT2D eigenvalue weighted by molar-refractivity contribution is 5.60. The number of rotatable bonds is 1. The molecule has 2 aliphatic heterocycles. The first-order valence-corrected chi connectivity index (χ1v) is 6.03. The largest absolute Gasteiger partial charge is 0.368 e. The topological polar surface area (TPSA) is 29.3 Å². The quantitative estimate of drug-likeness (QED) is 0.783. The Bertz CT molecular complexity index is 405. The highest BCUT2D eigenvalue weighted by atomic mass is 19.1. The monoisotopic (exact) mass is 220 g/mol. The Hall–Kier alpha value is -1.09. The minimum Gasteiger partial charge on any atom is -0.368 e. The molecular formula is C13H17FN2. The van der Waals surface area contributed by atoms with Crippen molar-refractivity contribution < 1.29 is 4.39 Å². The van der Waals surface area contributed by atoms with Crippen LogP contribution in [-0.2, 0) is 6.42 Å². The molecule has 2 nitrogen and oxygen atoms in total. The van der Waals surface area contributed by atoms with Crippen LogP contribution in [0.1, 0.15) is 18.4 Å². The van der Waals surface area contributed by atoms with Gasteiger partial charge in [-0.1, -0.05) is 6.07 Å². The number of benzene rings is 1. The van der Waals surface area contributed by atoms with Gasteiger partial charge in [0.2, 0.25) is 0 Å². The average molecular weight is 220 g/mol. The van der Waals surface area contributed by atoms with Crippen molar-refractivity contribution in [2.24, 2.45) is 11.7 Å². The molecule has 2 heterocycles. The molecule has 1 saturated heterocycles. The molecule has 2 unspecified atom stereocenters. The van der Waals surface area contributed by atoms with Crippen LogP contribution in [0.4, 0.5) is 10.1 Å². The summed E-state index contributed by atoms with van der Waals surface area (Å²) in [6.45, 7) is 1.82. The van der Waals surface area contributed by atoms with E-state index in [1.54, 1.807) is 12.1 Å². The van der Waals surface area contributed by atoms with E-state index >= 15 is 0 Å². The maximum atomic E-state index is 13.2. The molecule has 0 aromatic heterocycles. The van der Waals surface area contributed by atoms with Gasteiger partial charge < -0.3 is 10.6 Å². The first kappa shape index (κ1) is 10.1. The maximum Gasteiger partial charge on any atom is 0.125 e. The van der Waals surface area contributed by atoms with Crippen molar-refractivity contribution in [2.75, 3.05) is 18.0 Å². The fourth-order valence-electron chi connectivity index (χ4n) is 3.09. The summed E-state index contributed by atoms with van der Waals surface area (Å²) in [5.41, 5.74) is 8.14. The number of nitrogens with zero attached hydrogens (tertiary/aromatic N) is 1. The van der Waals surface area contributed by atoms with Crippen molar-refractivity contribution in [1.29, 1.82) is 0 Å². The maximum absolute atomic E-state index is 13.2. The second-order valence-electron chi connectivity index (χ2n) is 4.95. The Balaban J connectivity index is 1.88. The van der Waals surface area contributed by atoms with Crippen molar-refractivity contribution in [3.63, 3.8) is 0 Å². The Kier molecular flexibility index (Phi) is 2.36. The predicted molar refractivity (Wildman–Crippen MR) is 63.0 cm³/mol. The SMILES string of the molecule is NCC1CCN2c3cc(F)ccc3CC2C1. The summed E-state index contributed by atoms with van der Waals surface area (Å²) < 4.78 is 13.2. The van der Waals surface area contributed by atoms with E-state index < -0.39 is 0 Å². The molecule has 1 aromatic carbocycles. The van der Waals surface area contributed by atoms with E-state index in [4.69, 9.17) is 5.73 Å². The van der Waals surface area contributed by atoms with Gasteiger partial charge in [0.25, 0.3) is 0 Å². The molecule has 2 N–H and O–H groups in total. The fourth-order valence-corrected chi connectivity index (χ4v) is 3.09. The number of fused-ring (bicyclic) bond motifs is 3. The highest BCUT2D eigenvalue weighted by Crippen LogP contribution is 2.38. The number of piperidine rings is 1. The van der Waals surface area contributed by atoms with Gasteiger partial charge in [0, 0.05) is 18.3 Å². The molecule has 0 saturated carbocycles. The molecule has 0 radical (unpaired) electrons. The summed E-state index contributed by atoms with van der Waals surface area (Å²) >= 11 is 0. The molecule has 0 spiro atoms. The first-order valence-electron chi connectivity index (χ1n) is 6.03. The van der Waals surface area contributed by atoms with Crippen LogP contribution in [0.2, 0.25) is 0 Å². The lowest BCUT2D eigenvalue weighted by molar-refractivity contribution is 0.357. The number of anilines is 1. The Morgan fingerprint density at radius 2 is 2.31 bits per heavy atom. The molecule has 3 heteroatoms. The first-order chi connectivity index (χ1) is 7.78. The summed E-state index contributed by atoms with van der Waals surface area (Å²) in [7, 11) is 0. The number of halogens is 1. The molecule has 1 aromatic rings. The lowest BCUT2D eigenvalue weighted by Gasteiger charge is -2.36. The zero-order valence-corrected chi connectivity index (χ0v) is 9.32. The minimum absolute atomic E-state index is 0.125. The Morgan fingerprint density at radius 3 is 3.12 bits per heavy atom. The molecule has 2 atom stereocenters. The molecule has 2 aliphatic rings. The van der Waals surface area contributed by atoms with Crippen LogP contribution >= 0.6 is 0 Å². The predicted octanol–water partition coefficient (Wildman–Crippen LogP) is 1.93. The average Bonchev–Trinajstić information content (AvgIpc) is 2.66. The van der Waals surface area contributed by atoms with E-state index in [1.165, 1.54) is 5.56 Å². The van der Waals surface area contributed by atoms with Crippen LogP contribution in [0, 0.1) is 11.7 Å². The lowest BCUT2D eigenvalue weighted by Crippen LogP contribution is -2.41. The number of hydrogen-bond donors (Lipinski definition) is 1. The standard InChI is InChI=1S/C13H17FN2/c14-11-2-1-10-6-12-5-9(8-15)3-4-16(12)13(10)7-11/h1-2,7,9,12H,3-6,8,15H2. The van der Waals surface area contributed by atoms with Crippen molar-refractivity contribution in [3.8, 4) is 0 Å². The van der Waals surface area contributed by atoms with E-state index in [0.29, 0.717) is 12.0 Å². The van der Waals surface area contributed by atoms with Crippen LogP contribution in [0.5, 0.6) is 0 Å². The van der Waals surface area contributed by atoms with Gasteiger partial charge in [-0.2, -0.15) is 0 Å². The van der Waals surface area contributed by atoms with Crippen molar-refractivity contribution in [2.45, 2.75) is 25.3 Å². The second-order valence-corrected chi connectivity index (χ2v) is 4.95. The molecule has 0 amide bonds. The lowest BCUT2D eigenvalue weighted by atomic mass is 9.91. The van der Waals surface area contributed by atoms with Gasteiger partial charge in [-0.15, -0.1) is 0 Å². The third kappa shape index (κ3) is 1.50. The Morgan fingerprint density at radius 1 is 1.44 bits per heavy atom. The summed E-state index contributed by atoms with van der Waals surface area (Å²) in [6.07, 6.45) is 3.36. The smallest absolute Gasteiger partial charge is 0.125 e. The zero-order chi connectivity index (χ0) is 11.1. The van der Waals surface area contributed by atoms with Crippen LogP contribution < -0.4 is 10.6 Å². The number of hydrogen-bond acceptors (Lipinski definition) is 2. The van der Waals surface area contributed by atoms with Crippen molar-refractivity contribution >= 4 is 5.69 Å². The third-order valence-corrected chi connectivity index (χ3v) is 3.97. The van der Waals surface area contributed by atoms with E-state index in [9.17, 15) is 4.39 Å². The van der Waals surface area contributed by atoms with Crippen molar-refractivity contribution in [3.05, 3.63) is 29.6 Å². The van der Waals surface area contributed by atoms with Gasteiger partial charge in [0.05, 0.1) is 0 Å². The van der Waals surface area contributed by atoms with Crippen LogP contribution in [-0.4, -0.2) is 19.1 Å². The summed E-state index contributed by atoms with van der Waals surface area (Å²) in [5, 5.41) is 0. The second kappa shape index (κ2) is 3.74. The van der Waals surface area contributed by atoms with Crippen LogP contribution in [0.3, 0.4) is 0 Å². The van der Waals surface area contributed by atoms with Gasteiger partial charge in [-0.25, -0.2) is 4.39 Å². The Labute approximate surface area is 95.2 Å². The van der Waals surface area contributed by atoms with Gasteiger partial charge in [0.1, 0.15) is 5.82 Å². The summed E-state index contributed by atoms with van der Waals surface area (Å²) in [5.74, 6) is 0.528. The molecule has 16 heavy (non-hydrogen) atoms. The van der Waals surface area contributed by atoms with E-state index in [-0.39, 0.29) is 5.82 Å². The normalized spacial score (nSPS) is 27.8. The molecule has 1 fully saturated rings. The van der Waals surface area contributed by atoms with E-state index in [2.05, 4.69) is 4.90 Å². The number of nitrogens with two attached hydrogens (primary N) is 1. The fraction of sp³-hybridized carbons (Fsp3) is 0.538. The van der Waals surface area contributed by atoms with Gasteiger partial charge in [-0.3, -0.25) is 0 Å². The van der Waals surface area contributed by atoms with Gasteiger partial charge >= 0.3 is 0 Å². The molecule has 3 rings (SSSR count). The van der Waals surface area contributed by atoms with Crippen LogP contribution in [0.25, 0.3) is 0 Å². The molecule has 0 bridgehead atoms. The molecule has 0 aliphatic carbocycles. The van der Waals surface area contributed by atoms with E-state index in [0.717, 1.165) is 38.0 Å². The van der Waals surface area contributed by atoms with Crippen molar-refractivity contribution in [1.82, 2.24) is 0 Å². The third-order valence-electron chi connectivity index (χ3n) is 3.97. The minimum atomic E-state index is -0.125. The zero-order valence-electron chi connectivity index (χ0n) is 9.32. The van der Waals surface area contributed by atoms with Gasteiger partial charge in [0.15, 0.2) is 0 Å². The van der Waals surface area contributed by atoms with Gasteiger partial charge in [-0.05, 0) is 49.4 Å². The summed E-state index contributed by atoms with van der Waals surface area (Å²) in [6, 6.07) is 5.73. The molecule has 86 valence electrons. The summed E-state index contributed by atoms with van der Waals surface area (Å²) in [4.78, 5) is 2.37.